The molecule has 0 spiro atoms. The molecule has 0 atom stereocenters. The summed E-state index contributed by atoms with van der Waals surface area (Å²) in [5.41, 5.74) is -1.21. The minimum Gasteiger partial charge on any atom is -0.388 e. The second-order valence-electron chi connectivity index (χ2n) is 5.38. The van der Waals surface area contributed by atoms with Crippen LogP contribution in [0.2, 0.25) is 5.15 Å². The van der Waals surface area contributed by atoms with E-state index in [4.69, 9.17) is 11.6 Å². The third-order valence-electron chi connectivity index (χ3n) is 3.75. The summed E-state index contributed by atoms with van der Waals surface area (Å²) in [5.74, 6) is 0.653. The van der Waals surface area contributed by atoms with E-state index in [-0.39, 0.29) is 23.2 Å². The normalized spacial score (nSPS) is 26.2. The van der Waals surface area contributed by atoms with Crippen LogP contribution in [0.3, 0.4) is 0 Å². The lowest BCUT2D eigenvalue weighted by molar-refractivity contribution is -0.384. The van der Waals surface area contributed by atoms with Crippen LogP contribution in [0, 0.1) is 16.0 Å². The molecule has 1 aromatic rings. The van der Waals surface area contributed by atoms with Gasteiger partial charge in [-0.15, -0.1) is 0 Å². The van der Waals surface area contributed by atoms with Gasteiger partial charge in [0.15, 0.2) is 0 Å². The number of nitrogens with zero attached hydrogens (tertiary/aromatic N) is 3. The van der Waals surface area contributed by atoms with Crippen molar-refractivity contribution in [3.05, 3.63) is 21.6 Å². The van der Waals surface area contributed by atoms with Gasteiger partial charge >= 0.3 is 5.69 Å². The zero-order valence-corrected chi connectivity index (χ0v) is 11.9. The summed E-state index contributed by atoms with van der Waals surface area (Å²) < 4.78 is 0. The van der Waals surface area contributed by atoms with Crippen molar-refractivity contribution in [2.75, 3.05) is 11.9 Å². The molecule has 1 aliphatic carbocycles. The number of aliphatic hydroxyl groups is 1. The molecule has 1 fully saturated rings. The predicted molar refractivity (Wildman–Crippen MR) is 74.8 cm³/mol. The first-order valence-electron chi connectivity index (χ1n) is 6.52. The maximum absolute atomic E-state index is 11.0. The van der Waals surface area contributed by atoms with Crippen LogP contribution in [0.25, 0.3) is 0 Å². The van der Waals surface area contributed by atoms with Crippen molar-refractivity contribution in [2.24, 2.45) is 5.92 Å². The number of aromatic nitrogens is 2. The molecule has 0 bridgehead atoms. The van der Waals surface area contributed by atoms with Crippen LogP contribution in [-0.2, 0) is 0 Å². The molecule has 2 rings (SSSR count). The van der Waals surface area contributed by atoms with Gasteiger partial charge in [-0.25, -0.2) is 9.97 Å². The van der Waals surface area contributed by atoms with Crippen LogP contribution in [0.15, 0.2) is 6.33 Å². The van der Waals surface area contributed by atoms with Gasteiger partial charge in [-0.05, 0) is 31.6 Å². The number of rotatable bonds is 4. The van der Waals surface area contributed by atoms with Gasteiger partial charge in [-0.1, -0.05) is 18.5 Å². The summed E-state index contributed by atoms with van der Waals surface area (Å²) >= 11 is 5.70. The Balaban J connectivity index is 2.08. The summed E-state index contributed by atoms with van der Waals surface area (Å²) in [6.45, 7) is 2.37. The van der Waals surface area contributed by atoms with E-state index < -0.39 is 10.5 Å². The van der Waals surface area contributed by atoms with Crippen LogP contribution in [0.4, 0.5) is 11.5 Å². The molecule has 7 nitrogen and oxygen atoms in total. The Morgan fingerprint density at radius 2 is 2.20 bits per heavy atom. The molecule has 0 aromatic carbocycles. The van der Waals surface area contributed by atoms with Crippen molar-refractivity contribution in [3.63, 3.8) is 0 Å². The quantitative estimate of drug-likeness (QED) is 0.503. The maximum atomic E-state index is 11.0. The fourth-order valence-electron chi connectivity index (χ4n) is 2.37. The Bertz CT molecular complexity index is 503. The minimum atomic E-state index is -0.849. The Hall–Kier alpha value is -1.47. The number of anilines is 1. The van der Waals surface area contributed by atoms with E-state index in [1.165, 1.54) is 0 Å². The Labute approximate surface area is 121 Å². The van der Waals surface area contributed by atoms with Crippen LogP contribution in [-0.4, -0.2) is 32.1 Å². The molecular formula is C12H17ClN4O3. The molecule has 110 valence electrons. The highest BCUT2D eigenvalue weighted by molar-refractivity contribution is 6.31. The lowest BCUT2D eigenvalue weighted by Crippen LogP contribution is -2.40. The van der Waals surface area contributed by atoms with Crippen molar-refractivity contribution in [1.82, 2.24) is 9.97 Å². The molecule has 8 heteroatoms. The molecular weight excluding hydrogens is 284 g/mol. The maximum Gasteiger partial charge on any atom is 0.348 e. The van der Waals surface area contributed by atoms with Crippen LogP contribution in [0.1, 0.15) is 32.6 Å². The van der Waals surface area contributed by atoms with E-state index in [0.29, 0.717) is 18.8 Å². The second-order valence-corrected chi connectivity index (χ2v) is 5.74. The Kier molecular flexibility index (Phi) is 4.39. The van der Waals surface area contributed by atoms with Gasteiger partial charge < -0.3 is 10.4 Å². The molecule has 1 aromatic heterocycles. The number of nitrogens with one attached hydrogen (secondary N) is 1. The Morgan fingerprint density at radius 1 is 1.55 bits per heavy atom. The lowest BCUT2D eigenvalue weighted by atomic mass is 9.79. The number of halogens is 1. The van der Waals surface area contributed by atoms with E-state index in [1.54, 1.807) is 0 Å². The average Bonchev–Trinajstić information content (AvgIpc) is 2.40. The van der Waals surface area contributed by atoms with Crippen molar-refractivity contribution < 1.29 is 10.0 Å². The average molecular weight is 301 g/mol. The highest BCUT2D eigenvalue weighted by Crippen LogP contribution is 2.33. The van der Waals surface area contributed by atoms with Crippen molar-refractivity contribution in [3.8, 4) is 0 Å². The largest absolute Gasteiger partial charge is 0.388 e. The first-order valence-corrected chi connectivity index (χ1v) is 6.90. The smallest absolute Gasteiger partial charge is 0.348 e. The van der Waals surface area contributed by atoms with Gasteiger partial charge in [-0.2, -0.15) is 0 Å². The summed E-state index contributed by atoms with van der Waals surface area (Å²) in [7, 11) is 0. The summed E-state index contributed by atoms with van der Waals surface area (Å²) in [5, 5.41) is 24.0. The predicted octanol–water partition coefficient (Wildman–Crippen LogP) is 2.39. The van der Waals surface area contributed by atoms with E-state index >= 15 is 0 Å². The topological polar surface area (TPSA) is 101 Å². The Morgan fingerprint density at radius 3 is 2.80 bits per heavy atom. The van der Waals surface area contributed by atoms with E-state index in [1.807, 2.05) is 0 Å². The highest BCUT2D eigenvalue weighted by Gasteiger charge is 2.32. The third kappa shape index (κ3) is 3.34. The fraction of sp³-hybridized carbons (Fsp3) is 0.667. The van der Waals surface area contributed by atoms with Gasteiger partial charge in [0.1, 0.15) is 6.33 Å². The minimum absolute atomic E-state index is 0.0436. The van der Waals surface area contributed by atoms with Crippen LogP contribution >= 0.6 is 11.6 Å². The first-order chi connectivity index (χ1) is 9.41. The fourth-order valence-corrected chi connectivity index (χ4v) is 2.58. The molecule has 1 heterocycles. The standard InChI is InChI=1S/C12H17ClN4O3/c1-8-2-4-12(18,5-3-8)6-14-11-9(17(19)20)10(13)15-7-16-11/h7-8,18H,2-6H2,1H3,(H,14,15,16). The molecule has 0 saturated heterocycles. The van der Waals surface area contributed by atoms with Crippen molar-refractivity contribution in [1.29, 1.82) is 0 Å². The zero-order chi connectivity index (χ0) is 14.8. The second kappa shape index (κ2) is 5.88. The van der Waals surface area contributed by atoms with Gasteiger partial charge in [0.05, 0.1) is 10.5 Å². The molecule has 0 unspecified atom stereocenters. The van der Waals surface area contributed by atoms with Gasteiger partial charge in [0, 0.05) is 6.54 Å². The van der Waals surface area contributed by atoms with Crippen molar-refractivity contribution >= 4 is 23.1 Å². The van der Waals surface area contributed by atoms with E-state index in [0.717, 1.165) is 19.2 Å². The van der Waals surface area contributed by atoms with Crippen LogP contribution < -0.4 is 5.32 Å². The van der Waals surface area contributed by atoms with E-state index in [2.05, 4.69) is 22.2 Å². The molecule has 1 aliphatic rings. The molecule has 20 heavy (non-hydrogen) atoms. The number of hydrogen-bond donors (Lipinski definition) is 2. The monoisotopic (exact) mass is 300 g/mol. The third-order valence-corrected chi connectivity index (χ3v) is 4.03. The summed E-state index contributed by atoms with van der Waals surface area (Å²) in [4.78, 5) is 17.8. The first kappa shape index (κ1) is 14.9. The van der Waals surface area contributed by atoms with Gasteiger partial charge in [0.2, 0.25) is 11.0 Å². The van der Waals surface area contributed by atoms with Crippen LogP contribution in [0.5, 0.6) is 0 Å². The zero-order valence-electron chi connectivity index (χ0n) is 11.2. The highest BCUT2D eigenvalue weighted by atomic mass is 35.5. The van der Waals surface area contributed by atoms with Crippen molar-refractivity contribution in [2.45, 2.75) is 38.2 Å². The molecule has 0 radical (unpaired) electrons. The van der Waals surface area contributed by atoms with Gasteiger partial charge in [-0.3, -0.25) is 10.1 Å². The number of hydrogen-bond acceptors (Lipinski definition) is 6. The number of nitro groups is 1. The molecule has 2 N–H and O–H groups in total. The molecule has 1 saturated carbocycles. The molecule has 0 amide bonds. The summed E-state index contributed by atoms with van der Waals surface area (Å²) in [6.07, 6.45) is 4.40. The van der Waals surface area contributed by atoms with E-state index in [9.17, 15) is 15.2 Å². The molecule has 0 aliphatic heterocycles. The lowest BCUT2D eigenvalue weighted by Gasteiger charge is -2.35. The SMILES string of the molecule is CC1CCC(O)(CNc2ncnc(Cl)c2[N+](=O)[O-])CC1. The van der Waals surface area contributed by atoms with Gasteiger partial charge in [0.25, 0.3) is 0 Å². The summed E-state index contributed by atoms with van der Waals surface area (Å²) in [6, 6.07) is 0.